The van der Waals surface area contributed by atoms with Crippen molar-refractivity contribution in [1.82, 2.24) is 10.0 Å². The van der Waals surface area contributed by atoms with Crippen LogP contribution in [0.3, 0.4) is 0 Å². The maximum Gasteiger partial charge on any atom is 0.573 e. The van der Waals surface area contributed by atoms with Crippen molar-refractivity contribution in [2.24, 2.45) is 0 Å². The van der Waals surface area contributed by atoms with Crippen LogP contribution in [0.15, 0.2) is 53.4 Å². The molecule has 0 radical (unpaired) electrons. The van der Waals surface area contributed by atoms with Gasteiger partial charge in [-0.15, -0.1) is 13.2 Å². The van der Waals surface area contributed by atoms with Crippen LogP contribution < -0.4 is 19.5 Å². The van der Waals surface area contributed by atoms with E-state index in [1.54, 1.807) is 0 Å². The van der Waals surface area contributed by atoms with Crippen LogP contribution in [0.1, 0.15) is 37.7 Å². The number of hydrogen-bond acceptors (Lipinski definition) is 5. The van der Waals surface area contributed by atoms with Crippen LogP contribution in [-0.2, 0) is 21.4 Å². The average Bonchev–Trinajstić information content (AvgIpc) is 3.25. The van der Waals surface area contributed by atoms with Gasteiger partial charge in [-0.3, -0.25) is 4.79 Å². The molecule has 1 amide bonds. The van der Waals surface area contributed by atoms with Gasteiger partial charge in [-0.05, 0) is 56.0 Å². The van der Waals surface area contributed by atoms with Crippen molar-refractivity contribution >= 4 is 15.9 Å². The molecule has 2 aromatic carbocycles. The first kappa shape index (κ1) is 24.8. The number of alkyl halides is 3. The van der Waals surface area contributed by atoms with Crippen molar-refractivity contribution in [3.63, 3.8) is 0 Å². The summed E-state index contributed by atoms with van der Waals surface area (Å²) in [5.74, 6) is -0.163. The molecule has 1 aliphatic rings. The SMILES string of the molecule is O=C(CCNS(=O)(=O)c1ccc(OC(F)(F)F)cc1)NCc1ccccc1OC1CCCC1. The highest BCUT2D eigenvalue weighted by Gasteiger charge is 2.31. The third-order valence-electron chi connectivity index (χ3n) is 5.06. The minimum Gasteiger partial charge on any atom is -0.490 e. The Balaban J connectivity index is 1.45. The van der Waals surface area contributed by atoms with Gasteiger partial charge in [0, 0.05) is 25.1 Å². The molecule has 1 fully saturated rings. The molecule has 3 rings (SSSR count). The van der Waals surface area contributed by atoms with Crippen LogP contribution in [0.25, 0.3) is 0 Å². The molecule has 180 valence electrons. The molecule has 1 aliphatic carbocycles. The summed E-state index contributed by atoms with van der Waals surface area (Å²) in [6.07, 6.45) is -0.478. The molecule has 33 heavy (non-hydrogen) atoms. The minimum atomic E-state index is -4.87. The fraction of sp³-hybridized carbons (Fsp3) is 0.409. The van der Waals surface area contributed by atoms with E-state index in [1.165, 1.54) is 0 Å². The summed E-state index contributed by atoms with van der Waals surface area (Å²) >= 11 is 0. The molecule has 1 saturated carbocycles. The van der Waals surface area contributed by atoms with Gasteiger partial charge in [0.25, 0.3) is 0 Å². The van der Waals surface area contributed by atoms with Gasteiger partial charge in [0.1, 0.15) is 11.5 Å². The summed E-state index contributed by atoms with van der Waals surface area (Å²) < 4.78 is 73.2. The number of carbonyl (C=O) groups is 1. The number of sulfonamides is 1. The lowest BCUT2D eigenvalue weighted by atomic mass is 10.2. The fourth-order valence-corrected chi connectivity index (χ4v) is 4.47. The van der Waals surface area contributed by atoms with E-state index >= 15 is 0 Å². The summed E-state index contributed by atoms with van der Waals surface area (Å²) in [5.41, 5.74) is 0.833. The molecular formula is C22H25F3N2O5S. The van der Waals surface area contributed by atoms with Crippen molar-refractivity contribution in [1.29, 1.82) is 0 Å². The number of carbonyl (C=O) groups excluding carboxylic acids is 1. The molecule has 2 aromatic rings. The van der Waals surface area contributed by atoms with E-state index in [0.717, 1.165) is 61.3 Å². The Morgan fingerprint density at radius 1 is 1.03 bits per heavy atom. The fourth-order valence-electron chi connectivity index (χ4n) is 3.44. The largest absolute Gasteiger partial charge is 0.573 e. The molecule has 7 nitrogen and oxygen atoms in total. The topological polar surface area (TPSA) is 93.7 Å². The second kappa shape index (κ2) is 10.9. The van der Waals surface area contributed by atoms with Gasteiger partial charge < -0.3 is 14.8 Å². The Morgan fingerprint density at radius 2 is 1.70 bits per heavy atom. The summed E-state index contributed by atoms with van der Waals surface area (Å²) in [5, 5.41) is 2.74. The highest BCUT2D eigenvalue weighted by Crippen LogP contribution is 2.27. The van der Waals surface area contributed by atoms with Gasteiger partial charge in [-0.2, -0.15) is 0 Å². The van der Waals surface area contributed by atoms with Crippen LogP contribution in [0.4, 0.5) is 13.2 Å². The van der Waals surface area contributed by atoms with E-state index in [1.807, 2.05) is 24.3 Å². The van der Waals surface area contributed by atoms with Gasteiger partial charge in [0.05, 0.1) is 11.0 Å². The van der Waals surface area contributed by atoms with Gasteiger partial charge in [0.15, 0.2) is 0 Å². The lowest BCUT2D eigenvalue weighted by molar-refractivity contribution is -0.274. The zero-order valence-electron chi connectivity index (χ0n) is 17.7. The van der Waals surface area contributed by atoms with Gasteiger partial charge in [-0.25, -0.2) is 13.1 Å². The van der Waals surface area contributed by atoms with Crippen LogP contribution in [0, 0.1) is 0 Å². The Labute approximate surface area is 190 Å². The summed E-state index contributed by atoms with van der Waals surface area (Å²) in [6.45, 7) is 0.0737. The predicted molar refractivity (Wildman–Crippen MR) is 114 cm³/mol. The first-order valence-electron chi connectivity index (χ1n) is 10.5. The van der Waals surface area contributed by atoms with Crippen LogP contribution in [0.2, 0.25) is 0 Å². The van der Waals surface area contributed by atoms with Crippen LogP contribution in [-0.4, -0.2) is 33.3 Å². The number of nitrogens with one attached hydrogen (secondary N) is 2. The van der Waals surface area contributed by atoms with E-state index in [4.69, 9.17) is 4.74 Å². The number of amides is 1. The molecule has 11 heteroatoms. The maximum atomic E-state index is 12.3. The molecule has 0 heterocycles. The summed E-state index contributed by atoms with van der Waals surface area (Å²) in [6, 6.07) is 11.2. The quantitative estimate of drug-likeness (QED) is 0.532. The van der Waals surface area contributed by atoms with E-state index in [-0.39, 0.29) is 36.4 Å². The van der Waals surface area contributed by atoms with Crippen LogP contribution >= 0.6 is 0 Å². The Bertz CT molecular complexity index is 1040. The van der Waals surface area contributed by atoms with E-state index in [2.05, 4.69) is 14.8 Å². The third kappa shape index (κ3) is 7.93. The average molecular weight is 487 g/mol. The highest BCUT2D eigenvalue weighted by molar-refractivity contribution is 7.89. The lowest BCUT2D eigenvalue weighted by Crippen LogP contribution is -2.30. The molecular weight excluding hydrogens is 461 g/mol. The smallest absolute Gasteiger partial charge is 0.490 e. The van der Waals surface area contributed by atoms with Gasteiger partial charge >= 0.3 is 6.36 Å². The van der Waals surface area contributed by atoms with Crippen molar-refractivity contribution in [2.75, 3.05) is 6.54 Å². The Morgan fingerprint density at radius 3 is 2.36 bits per heavy atom. The zero-order chi connectivity index (χ0) is 23.9. The second-order valence-electron chi connectivity index (χ2n) is 7.58. The predicted octanol–water partition coefficient (Wildman–Crippen LogP) is 3.89. The van der Waals surface area contributed by atoms with Crippen molar-refractivity contribution in [3.8, 4) is 11.5 Å². The number of hydrogen-bond donors (Lipinski definition) is 2. The summed E-state index contributed by atoms with van der Waals surface area (Å²) in [4.78, 5) is 11.9. The Kier molecular flexibility index (Phi) is 8.20. The first-order chi connectivity index (χ1) is 15.6. The molecule has 0 unspecified atom stereocenters. The molecule has 2 N–H and O–H groups in total. The summed E-state index contributed by atoms with van der Waals surface area (Å²) in [7, 11) is -3.99. The monoisotopic (exact) mass is 486 g/mol. The number of para-hydroxylation sites is 1. The third-order valence-corrected chi connectivity index (χ3v) is 6.53. The maximum absolute atomic E-state index is 12.3. The van der Waals surface area contributed by atoms with E-state index < -0.39 is 22.1 Å². The van der Waals surface area contributed by atoms with E-state index in [0.29, 0.717) is 0 Å². The molecule has 0 saturated heterocycles. The van der Waals surface area contributed by atoms with E-state index in [9.17, 15) is 26.4 Å². The van der Waals surface area contributed by atoms with Crippen molar-refractivity contribution in [3.05, 3.63) is 54.1 Å². The standard InChI is InChI=1S/C22H25F3N2O5S/c23-22(24,25)32-18-9-11-19(12-10-18)33(29,30)27-14-13-21(28)26-15-16-5-1-4-8-20(16)31-17-6-2-3-7-17/h1,4-5,8-12,17,27H,2-3,6-7,13-15H2,(H,26,28). The minimum absolute atomic E-state index is 0.111. The Hall–Kier alpha value is -2.79. The molecule has 0 atom stereocenters. The molecule has 0 bridgehead atoms. The number of benzene rings is 2. The number of ether oxygens (including phenoxy) is 2. The number of halogens is 3. The number of rotatable bonds is 10. The van der Waals surface area contributed by atoms with Gasteiger partial charge in [-0.1, -0.05) is 18.2 Å². The van der Waals surface area contributed by atoms with Crippen LogP contribution in [0.5, 0.6) is 11.5 Å². The lowest BCUT2D eigenvalue weighted by Gasteiger charge is -2.16. The first-order valence-corrected chi connectivity index (χ1v) is 12.0. The van der Waals surface area contributed by atoms with Crippen molar-refractivity contribution in [2.45, 2.75) is 56.0 Å². The molecule has 0 aliphatic heterocycles. The second-order valence-corrected chi connectivity index (χ2v) is 9.34. The highest BCUT2D eigenvalue weighted by atomic mass is 32.2. The van der Waals surface area contributed by atoms with Crippen molar-refractivity contribution < 1.29 is 35.9 Å². The molecule has 0 spiro atoms. The molecule has 0 aromatic heterocycles. The van der Waals surface area contributed by atoms with Gasteiger partial charge in [0.2, 0.25) is 15.9 Å². The zero-order valence-corrected chi connectivity index (χ0v) is 18.5. The normalized spacial score (nSPS) is 14.8.